The lowest BCUT2D eigenvalue weighted by atomic mass is 10.4. The van der Waals surface area contributed by atoms with Crippen LogP contribution in [0.4, 0.5) is 11.8 Å². The molecule has 0 saturated heterocycles. The summed E-state index contributed by atoms with van der Waals surface area (Å²) in [4.78, 5) is 12.6. The van der Waals surface area contributed by atoms with Crippen molar-refractivity contribution in [2.45, 2.75) is 6.42 Å². The Bertz CT molecular complexity index is 474. The molecule has 2 N–H and O–H groups in total. The maximum atomic E-state index is 4.31. The van der Waals surface area contributed by atoms with Crippen molar-refractivity contribution in [2.75, 3.05) is 24.2 Å². The molecule has 7 heteroatoms. The third-order valence-corrected chi connectivity index (χ3v) is 3.50. The highest BCUT2D eigenvalue weighted by molar-refractivity contribution is 9.10. The summed E-state index contributed by atoms with van der Waals surface area (Å²) in [6.45, 7) is 0.798. The first-order valence-electron chi connectivity index (χ1n) is 5.12. The van der Waals surface area contributed by atoms with Crippen molar-refractivity contribution in [1.82, 2.24) is 15.0 Å². The highest BCUT2D eigenvalue weighted by Crippen LogP contribution is 2.19. The molecule has 0 spiro atoms. The summed E-state index contributed by atoms with van der Waals surface area (Å²) in [7, 11) is 1.79. The minimum atomic E-state index is 0.602. The predicted molar refractivity (Wildman–Crippen MR) is 73.6 cm³/mol. The van der Waals surface area contributed by atoms with Crippen LogP contribution in [-0.2, 0) is 6.42 Å². The largest absolute Gasteiger partial charge is 0.369 e. The van der Waals surface area contributed by atoms with Crippen LogP contribution in [0.2, 0.25) is 0 Å². The first kappa shape index (κ1) is 12.3. The zero-order valence-corrected chi connectivity index (χ0v) is 11.7. The van der Waals surface area contributed by atoms with Gasteiger partial charge in [-0.25, -0.2) is 9.97 Å². The molecule has 0 fully saturated rings. The van der Waals surface area contributed by atoms with Gasteiger partial charge >= 0.3 is 0 Å². The van der Waals surface area contributed by atoms with Crippen LogP contribution in [0.25, 0.3) is 0 Å². The second-order valence-corrected chi connectivity index (χ2v) is 5.08. The fourth-order valence-corrected chi connectivity index (χ4v) is 2.23. The summed E-state index contributed by atoms with van der Waals surface area (Å²) in [5, 5.41) is 9.26. The number of nitrogens with zero attached hydrogens (tertiary/aromatic N) is 3. The normalized spacial score (nSPS) is 10.2. The summed E-state index contributed by atoms with van der Waals surface area (Å²) in [5.41, 5.74) is 0. The molecule has 0 aromatic carbocycles. The van der Waals surface area contributed by atoms with Gasteiger partial charge in [0.1, 0.15) is 5.82 Å². The number of nitrogens with one attached hydrogen (secondary N) is 2. The van der Waals surface area contributed by atoms with Crippen molar-refractivity contribution >= 4 is 39.0 Å². The van der Waals surface area contributed by atoms with E-state index >= 15 is 0 Å². The maximum Gasteiger partial charge on any atom is 0.224 e. The molecule has 90 valence electrons. The Hall–Kier alpha value is -1.21. The Kier molecular flexibility index (Phi) is 4.27. The van der Waals surface area contributed by atoms with Crippen molar-refractivity contribution in [3.63, 3.8) is 0 Å². The van der Waals surface area contributed by atoms with E-state index in [1.165, 1.54) is 0 Å². The van der Waals surface area contributed by atoms with E-state index in [1.807, 2.05) is 11.6 Å². The van der Waals surface area contributed by atoms with Gasteiger partial charge in [-0.15, -0.1) is 11.3 Å². The molecule has 2 aromatic rings. The van der Waals surface area contributed by atoms with E-state index in [-0.39, 0.29) is 0 Å². The Morgan fingerprint density at radius 2 is 2.29 bits per heavy atom. The van der Waals surface area contributed by atoms with Crippen LogP contribution in [0.3, 0.4) is 0 Å². The Morgan fingerprint density at radius 3 is 3.00 bits per heavy atom. The van der Waals surface area contributed by atoms with E-state index in [1.54, 1.807) is 24.6 Å². The van der Waals surface area contributed by atoms with Gasteiger partial charge < -0.3 is 10.6 Å². The number of halogens is 1. The maximum absolute atomic E-state index is 4.31. The molecule has 0 amide bonds. The van der Waals surface area contributed by atoms with Gasteiger partial charge in [-0.3, -0.25) is 0 Å². The molecule has 5 nitrogen and oxygen atoms in total. The zero-order valence-electron chi connectivity index (χ0n) is 9.27. The number of thiazole rings is 1. The van der Waals surface area contributed by atoms with Crippen molar-refractivity contribution in [1.29, 1.82) is 0 Å². The fraction of sp³-hybridized carbons (Fsp3) is 0.300. The van der Waals surface area contributed by atoms with Gasteiger partial charge in [-0.05, 0) is 15.9 Å². The van der Waals surface area contributed by atoms with Gasteiger partial charge in [0.15, 0.2) is 0 Å². The van der Waals surface area contributed by atoms with E-state index in [0.717, 1.165) is 28.3 Å². The Labute approximate surface area is 112 Å². The lowest BCUT2D eigenvalue weighted by molar-refractivity contribution is 0.980. The number of aromatic nitrogens is 3. The second-order valence-electron chi connectivity index (χ2n) is 3.24. The summed E-state index contributed by atoms with van der Waals surface area (Å²) < 4.78 is 0.857. The molecule has 0 aliphatic heterocycles. The minimum Gasteiger partial charge on any atom is -0.369 e. The SMILES string of the molecule is CNc1ncc(Br)c(NCCc2nccs2)n1. The van der Waals surface area contributed by atoms with Crippen LogP contribution < -0.4 is 10.6 Å². The molecule has 0 atom stereocenters. The average Bonchev–Trinajstić information content (AvgIpc) is 2.84. The molecule has 0 radical (unpaired) electrons. The highest BCUT2D eigenvalue weighted by atomic mass is 79.9. The van der Waals surface area contributed by atoms with Crippen LogP contribution >= 0.6 is 27.3 Å². The van der Waals surface area contributed by atoms with Gasteiger partial charge in [0.25, 0.3) is 0 Å². The molecule has 0 aliphatic carbocycles. The molecule has 0 saturated carbocycles. The zero-order chi connectivity index (χ0) is 12.1. The van der Waals surface area contributed by atoms with E-state index in [2.05, 4.69) is 41.5 Å². The van der Waals surface area contributed by atoms with Crippen LogP contribution in [0.1, 0.15) is 5.01 Å². The van der Waals surface area contributed by atoms with Gasteiger partial charge in [-0.1, -0.05) is 0 Å². The third-order valence-electron chi connectivity index (χ3n) is 2.08. The summed E-state index contributed by atoms with van der Waals surface area (Å²) in [5.74, 6) is 1.39. The fourth-order valence-electron chi connectivity index (χ4n) is 1.28. The van der Waals surface area contributed by atoms with Crippen molar-refractivity contribution in [3.8, 4) is 0 Å². The van der Waals surface area contributed by atoms with Crippen LogP contribution in [0.5, 0.6) is 0 Å². The quantitative estimate of drug-likeness (QED) is 0.887. The Balaban J connectivity index is 1.94. The summed E-state index contributed by atoms with van der Waals surface area (Å²) in [6.07, 6.45) is 4.44. The standard InChI is InChI=1S/C10H12BrN5S/c1-12-10-15-6-7(11)9(16-10)14-3-2-8-13-4-5-17-8/h4-6H,2-3H2,1H3,(H2,12,14,15,16). The Morgan fingerprint density at radius 1 is 1.41 bits per heavy atom. The molecule has 2 aromatic heterocycles. The van der Waals surface area contributed by atoms with Gasteiger partial charge in [0.2, 0.25) is 5.95 Å². The van der Waals surface area contributed by atoms with Crippen molar-refractivity contribution in [2.24, 2.45) is 0 Å². The smallest absolute Gasteiger partial charge is 0.224 e. The number of rotatable bonds is 5. The first-order valence-corrected chi connectivity index (χ1v) is 6.79. The monoisotopic (exact) mass is 313 g/mol. The topological polar surface area (TPSA) is 62.7 Å². The predicted octanol–water partition coefficient (Wildman–Crippen LogP) is 2.39. The van der Waals surface area contributed by atoms with Crippen LogP contribution in [0, 0.1) is 0 Å². The lowest BCUT2D eigenvalue weighted by Crippen LogP contribution is -2.08. The summed E-state index contributed by atoms with van der Waals surface area (Å²) >= 11 is 5.07. The highest BCUT2D eigenvalue weighted by Gasteiger charge is 2.03. The number of hydrogen-bond donors (Lipinski definition) is 2. The van der Waals surface area contributed by atoms with Crippen LogP contribution in [0.15, 0.2) is 22.2 Å². The van der Waals surface area contributed by atoms with Gasteiger partial charge in [0, 0.05) is 37.8 Å². The van der Waals surface area contributed by atoms with Crippen molar-refractivity contribution < 1.29 is 0 Å². The minimum absolute atomic E-state index is 0.602. The average molecular weight is 314 g/mol. The van der Waals surface area contributed by atoms with E-state index in [4.69, 9.17) is 0 Å². The molecule has 17 heavy (non-hydrogen) atoms. The third kappa shape index (κ3) is 3.37. The first-order chi connectivity index (χ1) is 8.29. The van der Waals surface area contributed by atoms with E-state index in [9.17, 15) is 0 Å². The molecule has 0 aliphatic rings. The lowest BCUT2D eigenvalue weighted by Gasteiger charge is -2.07. The number of hydrogen-bond acceptors (Lipinski definition) is 6. The van der Waals surface area contributed by atoms with E-state index < -0.39 is 0 Å². The molecular formula is C10H12BrN5S. The molecule has 0 bridgehead atoms. The van der Waals surface area contributed by atoms with Gasteiger partial charge in [-0.2, -0.15) is 4.98 Å². The molecule has 2 heterocycles. The molecular weight excluding hydrogens is 302 g/mol. The van der Waals surface area contributed by atoms with Gasteiger partial charge in [0.05, 0.1) is 9.48 Å². The molecule has 2 rings (SSSR count). The summed E-state index contributed by atoms with van der Waals surface area (Å²) in [6, 6.07) is 0. The van der Waals surface area contributed by atoms with Crippen molar-refractivity contribution in [3.05, 3.63) is 27.3 Å². The van der Waals surface area contributed by atoms with Crippen LogP contribution in [-0.4, -0.2) is 28.5 Å². The van der Waals surface area contributed by atoms with E-state index in [0.29, 0.717) is 5.95 Å². The second kappa shape index (κ2) is 5.92. The number of anilines is 2. The molecule has 0 unspecified atom stereocenters.